The van der Waals surface area contributed by atoms with E-state index in [1.165, 1.54) is 7.11 Å². The zero-order valence-corrected chi connectivity index (χ0v) is 9.47. The van der Waals surface area contributed by atoms with Crippen molar-refractivity contribution in [1.82, 2.24) is 0 Å². The van der Waals surface area contributed by atoms with Gasteiger partial charge in [0, 0.05) is 19.8 Å². The van der Waals surface area contributed by atoms with Gasteiger partial charge in [-0.05, 0) is 24.3 Å². The van der Waals surface area contributed by atoms with E-state index < -0.39 is 5.97 Å². The van der Waals surface area contributed by atoms with E-state index in [1.54, 1.807) is 12.1 Å². The molecule has 0 aliphatic rings. The Bertz CT molecular complexity index is 431. The maximum absolute atomic E-state index is 11.2. The first-order chi connectivity index (χ1) is 7.60. The number of nitrogens with zero attached hydrogens (tertiary/aromatic N) is 3. The molecular formula is C11H13N3O2. The molecule has 5 heteroatoms. The average molecular weight is 219 g/mol. The lowest BCUT2D eigenvalue weighted by atomic mass is 10.1. The fourth-order valence-corrected chi connectivity index (χ4v) is 1.23. The molecule has 0 amide bonds. The van der Waals surface area contributed by atoms with Crippen LogP contribution in [0.4, 0.5) is 5.69 Å². The molecule has 0 saturated carbocycles. The van der Waals surface area contributed by atoms with Gasteiger partial charge >= 0.3 is 11.7 Å². The molecule has 0 spiro atoms. The highest BCUT2D eigenvalue weighted by molar-refractivity contribution is 6.40. The number of hydrogen-bond donors (Lipinski definition) is 0. The maximum Gasteiger partial charge on any atom is 0.422 e. The molecule has 0 radical (unpaired) electrons. The van der Waals surface area contributed by atoms with Crippen molar-refractivity contribution in [3.05, 3.63) is 35.4 Å². The summed E-state index contributed by atoms with van der Waals surface area (Å²) >= 11 is 0. The number of anilines is 1. The van der Waals surface area contributed by atoms with Crippen LogP contribution in [0.25, 0.3) is 5.53 Å². The summed E-state index contributed by atoms with van der Waals surface area (Å²) in [5.41, 5.74) is 10.1. The third kappa shape index (κ3) is 2.46. The van der Waals surface area contributed by atoms with Gasteiger partial charge in [-0.1, -0.05) is 0 Å². The van der Waals surface area contributed by atoms with Crippen LogP contribution in [0, 0.1) is 0 Å². The van der Waals surface area contributed by atoms with E-state index in [2.05, 4.69) is 9.53 Å². The molecule has 1 rings (SSSR count). The van der Waals surface area contributed by atoms with E-state index in [0.717, 1.165) is 5.69 Å². The Kier molecular flexibility index (Phi) is 3.80. The number of esters is 1. The number of methoxy groups -OCH3 is 1. The van der Waals surface area contributed by atoms with Gasteiger partial charge in [0.1, 0.15) is 0 Å². The standard InChI is InChI=1S/C11H13N3O2/c1-14(2)9-6-4-8(5-7-9)10(13-12)11(15)16-3/h4-7H,1-3H3. The van der Waals surface area contributed by atoms with E-state index in [-0.39, 0.29) is 5.71 Å². The molecule has 0 heterocycles. The van der Waals surface area contributed by atoms with Crippen LogP contribution in [-0.4, -0.2) is 37.7 Å². The predicted molar refractivity (Wildman–Crippen MR) is 60.5 cm³/mol. The van der Waals surface area contributed by atoms with Crippen molar-refractivity contribution >= 4 is 17.4 Å². The van der Waals surface area contributed by atoms with Gasteiger partial charge in [-0.2, -0.15) is 4.79 Å². The van der Waals surface area contributed by atoms with Gasteiger partial charge in [0.05, 0.1) is 12.7 Å². The monoisotopic (exact) mass is 219 g/mol. The highest BCUT2D eigenvalue weighted by atomic mass is 16.5. The van der Waals surface area contributed by atoms with Crippen LogP contribution in [-0.2, 0) is 9.53 Å². The minimum absolute atomic E-state index is 0.104. The molecule has 0 aliphatic heterocycles. The Morgan fingerprint density at radius 3 is 2.25 bits per heavy atom. The highest BCUT2D eigenvalue weighted by Crippen LogP contribution is 2.12. The second-order valence-electron chi connectivity index (χ2n) is 3.38. The minimum atomic E-state index is -0.667. The number of rotatable bonds is 3. The lowest BCUT2D eigenvalue weighted by Gasteiger charge is -2.11. The first-order valence-electron chi connectivity index (χ1n) is 4.68. The molecule has 0 aromatic heterocycles. The lowest BCUT2D eigenvalue weighted by Crippen LogP contribution is -2.18. The zero-order chi connectivity index (χ0) is 12.1. The van der Waals surface area contributed by atoms with Crippen LogP contribution >= 0.6 is 0 Å². The summed E-state index contributed by atoms with van der Waals surface area (Å²) in [5, 5.41) is 0. The molecule has 1 aromatic carbocycles. The zero-order valence-electron chi connectivity index (χ0n) is 9.47. The lowest BCUT2D eigenvalue weighted by molar-refractivity contribution is -0.137. The Balaban J connectivity index is 3.06. The number of ether oxygens (including phenoxy) is 1. The van der Waals surface area contributed by atoms with Crippen LogP contribution in [0.2, 0.25) is 0 Å². The van der Waals surface area contributed by atoms with Crippen molar-refractivity contribution in [3.63, 3.8) is 0 Å². The number of carbonyl (C=O) groups excluding carboxylic acids is 1. The molecule has 1 aromatic rings. The van der Waals surface area contributed by atoms with Crippen molar-refractivity contribution in [3.8, 4) is 0 Å². The van der Waals surface area contributed by atoms with Crippen molar-refractivity contribution in [1.29, 1.82) is 0 Å². The summed E-state index contributed by atoms with van der Waals surface area (Å²) < 4.78 is 4.50. The van der Waals surface area contributed by atoms with Gasteiger partial charge in [-0.3, -0.25) is 0 Å². The maximum atomic E-state index is 11.2. The van der Waals surface area contributed by atoms with Gasteiger partial charge in [-0.15, -0.1) is 0 Å². The molecule has 0 saturated heterocycles. The Morgan fingerprint density at radius 2 is 1.88 bits per heavy atom. The van der Waals surface area contributed by atoms with Crippen LogP contribution in [0.1, 0.15) is 5.56 Å². The summed E-state index contributed by atoms with van der Waals surface area (Å²) in [6.07, 6.45) is 0. The smallest absolute Gasteiger partial charge is 0.422 e. The molecule has 84 valence electrons. The second kappa shape index (κ2) is 5.09. The van der Waals surface area contributed by atoms with E-state index in [9.17, 15) is 4.79 Å². The summed E-state index contributed by atoms with van der Waals surface area (Å²) in [6, 6.07) is 7.04. The van der Waals surface area contributed by atoms with E-state index in [4.69, 9.17) is 5.53 Å². The van der Waals surface area contributed by atoms with Crippen LogP contribution in [0.5, 0.6) is 0 Å². The quantitative estimate of drug-likeness (QED) is 0.329. The van der Waals surface area contributed by atoms with Gasteiger partial charge in [0.25, 0.3) is 0 Å². The normalized spacial score (nSPS) is 9.19. The fraction of sp³-hybridized carbons (Fsp3) is 0.273. The van der Waals surface area contributed by atoms with Crippen molar-refractivity contribution in [2.75, 3.05) is 26.1 Å². The molecule has 0 fully saturated rings. The van der Waals surface area contributed by atoms with Crippen molar-refractivity contribution < 1.29 is 14.3 Å². The second-order valence-corrected chi connectivity index (χ2v) is 3.38. The highest BCUT2D eigenvalue weighted by Gasteiger charge is 2.23. The third-order valence-electron chi connectivity index (χ3n) is 2.14. The minimum Gasteiger partial charge on any atom is -0.460 e. The Morgan fingerprint density at radius 1 is 1.31 bits per heavy atom. The topological polar surface area (TPSA) is 65.9 Å². The Hall–Kier alpha value is -2.13. The van der Waals surface area contributed by atoms with E-state index >= 15 is 0 Å². The largest absolute Gasteiger partial charge is 0.460 e. The number of benzene rings is 1. The van der Waals surface area contributed by atoms with Crippen molar-refractivity contribution in [2.24, 2.45) is 0 Å². The summed E-state index contributed by atoms with van der Waals surface area (Å²) in [4.78, 5) is 16.1. The van der Waals surface area contributed by atoms with Gasteiger partial charge in [0.15, 0.2) is 0 Å². The average Bonchev–Trinajstić information content (AvgIpc) is 2.30. The first-order valence-corrected chi connectivity index (χ1v) is 4.68. The Labute approximate surface area is 93.9 Å². The van der Waals surface area contributed by atoms with Crippen molar-refractivity contribution in [2.45, 2.75) is 0 Å². The van der Waals surface area contributed by atoms with Crippen LogP contribution in [0.15, 0.2) is 24.3 Å². The number of carbonyl (C=O) groups is 1. The predicted octanol–water partition coefficient (Wildman–Crippen LogP) is 0.945. The molecule has 0 atom stereocenters. The van der Waals surface area contributed by atoms with Gasteiger partial charge < -0.3 is 15.2 Å². The molecule has 16 heavy (non-hydrogen) atoms. The van der Waals surface area contributed by atoms with Crippen LogP contribution in [0.3, 0.4) is 0 Å². The molecular weight excluding hydrogens is 206 g/mol. The van der Waals surface area contributed by atoms with Gasteiger partial charge in [0.2, 0.25) is 0 Å². The summed E-state index contributed by atoms with van der Waals surface area (Å²) in [6.45, 7) is 0. The van der Waals surface area contributed by atoms with E-state index in [0.29, 0.717) is 5.56 Å². The molecule has 0 aliphatic carbocycles. The third-order valence-corrected chi connectivity index (χ3v) is 2.14. The summed E-state index contributed by atoms with van der Waals surface area (Å²) in [5.74, 6) is -0.667. The SMILES string of the molecule is COC(=O)C(=[N+]=[N-])c1ccc(N(C)C)cc1. The molecule has 0 N–H and O–H groups in total. The van der Waals surface area contributed by atoms with E-state index in [1.807, 2.05) is 31.1 Å². The first kappa shape index (κ1) is 11.9. The number of hydrogen-bond acceptors (Lipinski definition) is 3. The molecule has 5 nitrogen and oxygen atoms in total. The van der Waals surface area contributed by atoms with Crippen LogP contribution < -0.4 is 4.90 Å². The van der Waals surface area contributed by atoms with Gasteiger partial charge in [-0.25, -0.2) is 4.79 Å². The molecule has 0 bridgehead atoms. The summed E-state index contributed by atoms with van der Waals surface area (Å²) in [7, 11) is 5.06. The fourth-order valence-electron chi connectivity index (χ4n) is 1.23. The molecule has 0 unspecified atom stereocenters.